The largest absolute Gasteiger partial charge is 0.508 e. The maximum absolute atomic E-state index is 11.8. The van der Waals surface area contributed by atoms with Crippen molar-refractivity contribution in [3.63, 3.8) is 0 Å². The Morgan fingerprint density at radius 3 is 2.62 bits per heavy atom. The van der Waals surface area contributed by atoms with Crippen LogP contribution in [0.3, 0.4) is 0 Å². The van der Waals surface area contributed by atoms with E-state index < -0.39 is 0 Å². The van der Waals surface area contributed by atoms with E-state index in [1.54, 1.807) is 42.3 Å². The van der Waals surface area contributed by atoms with Crippen LogP contribution in [0.5, 0.6) is 5.75 Å². The molecule has 2 N–H and O–H groups in total. The minimum atomic E-state index is 0.00187. The lowest BCUT2D eigenvalue weighted by Crippen LogP contribution is -2.27. The van der Waals surface area contributed by atoms with E-state index in [9.17, 15) is 9.90 Å². The highest BCUT2D eigenvalue weighted by Crippen LogP contribution is 2.25. The third kappa shape index (κ3) is 3.97. The van der Waals surface area contributed by atoms with Gasteiger partial charge >= 0.3 is 0 Å². The highest BCUT2D eigenvalue weighted by atomic mass is 16.3. The van der Waals surface area contributed by atoms with E-state index in [1.807, 2.05) is 37.3 Å². The Morgan fingerprint density at radius 2 is 1.92 bits per heavy atom. The number of aromatic nitrogens is 2. The van der Waals surface area contributed by atoms with Gasteiger partial charge in [-0.1, -0.05) is 12.1 Å². The zero-order valence-corrected chi connectivity index (χ0v) is 14.7. The Hall–Kier alpha value is -3.41. The van der Waals surface area contributed by atoms with Gasteiger partial charge in [0.05, 0.1) is 5.69 Å². The lowest BCUT2D eigenvalue weighted by molar-refractivity contribution is -0.116. The normalized spacial score (nSPS) is 10.4. The predicted octanol–water partition coefficient (Wildman–Crippen LogP) is 3.97. The number of rotatable bonds is 5. The molecular weight excluding hydrogens is 328 g/mol. The van der Waals surface area contributed by atoms with E-state index in [0.29, 0.717) is 12.5 Å². The van der Waals surface area contributed by atoms with Crippen LogP contribution < -0.4 is 10.2 Å². The van der Waals surface area contributed by atoms with Crippen molar-refractivity contribution in [2.75, 3.05) is 16.8 Å². The molecule has 0 unspecified atom stereocenters. The average Bonchev–Trinajstić information content (AvgIpc) is 2.64. The SMILES string of the molecule is CCN(C(C)=O)c1cccc(-c2ccnc(Nc3ccc(O)cc3)n2)c1. The molecule has 1 heterocycles. The third-order valence-corrected chi connectivity index (χ3v) is 3.93. The average molecular weight is 348 g/mol. The smallest absolute Gasteiger partial charge is 0.227 e. The molecule has 0 saturated heterocycles. The van der Waals surface area contributed by atoms with Crippen LogP contribution in [-0.4, -0.2) is 27.5 Å². The number of aromatic hydroxyl groups is 1. The standard InChI is InChI=1S/C20H20N4O2/c1-3-24(14(2)25)17-6-4-5-15(13-17)19-11-12-21-20(23-19)22-16-7-9-18(26)10-8-16/h4-13,26H,3H2,1-2H3,(H,21,22,23). The van der Waals surface area contributed by atoms with Gasteiger partial charge in [0.25, 0.3) is 0 Å². The quantitative estimate of drug-likeness (QED) is 0.682. The first-order chi connectivity index (χ1) is 12.6. The number of anilines is 3. The zero-order chi connectivity index (χ0) is 18.5. The second-order valence-electron chi connectivity index (χ2n) is 5.75. The summed E-state index contributed by atoms with van der Waals surface area (Å²) in [5.41, 5.74) is 3.27. The number of carbonyl (C=O) groups is 1. The molecule has 6 nitrogen and oxygen atoms in total. The van der Waals surface area contributed by atoms with Crippen molar-refractivity contribution in [1.29, 1.82) is 0 Å². The molecule has 0 bridgehead atoms. The Kier molecular flexibility index (Phi) is 5.12. The minimum Gasteiger partial charge on any atom is -0.508 e. The van der Waals surface area contributed by atoms with Crippen molar-refractivity contribution < 1.29 is 9.90 Å². The zero-order valence-electron chi connectivity index (χ0n) is 14.7. The monoisotopic (exact) mass is 348 g/mol. The fourth-order valence-electron chi connectivity index (χ4n) is 2.67. The van der Waals surface area contributed by atoms with Gasteiger partial charge in [-0.05, 0) is 49.4 Å². The summed E-state index contributed by atoms with van der Waals surface area (Å²) < 4.78 is 0. The van der Waals surface area contributed by atoms with Crippen LogP contribution >= 0.6 is 0 Å². The summed E-state index contributed by atoms with van der Waals surface area (Å²) in [6.07, 6.45) is 1.68. The second-order valence-corrected chi connectivity index (χ2v) is 5.75. The molecule has 0 spiro atoms. The van der Waals surface area contributed by atoms with Crippen LogP contribution in [0.2, 0.25) is 0 Å². The van der Waals surface area contributed by atoms with Gasteiger partial charge in [-0.25, -0.2) is 9.97 Å². The van der Waals surface area contributed by atoms with Crippen molar-refractivity contribution in [3.8, 4) is 17.0 Å². The number of carbonyl (C=O) groups excluding carboxylic acids is 1. The lowest BCUT2D eigenvalue weighted by Gasteiger charge is -2.19. The molecule has 2 aromatic carbocycles. The van der Waals surface area contributed by atoms with Gasteiger partial charge in [0.1, 0.15) is 5.75 Å². The number of nitrogens with zero attached hydrogens (tertiary/aromatic N) is 3. The number of hydrogen-bond donors (Lipinski definition) is 2. The van der Waals surface area contributed by atoms with E-state index in [4.69, 9.17) is 0 Å². The van der Waals surface area contributed by atoms with Gasteiger partial charge in [-0.2, -0.15) is 0 Å². The molecular formula is C20H20N4O2. The number of phenols is 1. The van der Waals surface area contributed by atoms with Crippen LogP contribution in [0.15, 0.2) is 60.8 Å². The predicted molar refractivity (Wildman–Crippen MR) is 103 cm³/mol. The Bertz CT molecular complexity index is 910. The van der Waals surface area contributed by atoms with Gasteiger partial charge < -0.3 is 15.3 Å². The van der Waals surface area contributed by atoms with Gasteiger partial charge in [-0.15, -0.1) is 0 Å². The fraction of sp³-hybridized carbons (Fsp3) is 0.150. The third-order valence-electron chi connectivity index (χ3n) is 3.93. The Labute approximate surface area is 152 Å². The van der Waals surface area contributed by atoms with Crippen molar-refractivity contribution >= 4 is 23.2 Å². The molecule has 0 saturated carbocycles. The lowest BCUT2D eigenvalue weighted by atomic mass is 10.1. The van der Waals surface area contributed by atoms with E-state index in [-0.39, 0.29) is 11.7 Å². The summed E-state index contributed by atoms with van der Waals surface area (Å²) in [5, 5.41) is 12.5. The number of benzene rings is 2. The highest BCUT2D eigenvalue weighted by molar-refractivity contribution is 5.92. The maximum atomic E-state index is 11.8. The molecule has 0 radical (unpaired) electrons. The van der Waals surface area contributed by atoms with Gasteiger partial charge in [0.2, 0.25) is 11.9 Å². The summed E-state index contributed by atoms with van der Waals surface area (Å²) in [7, 11) is 0. The number of phenolic OH excluding ortho intramolecular Hbond substituents is 1. The summed E-state index contributed by atoms with van der Waals surface area (Å²) in [6, 6.07) is 16.2. The summed E-state index contributed by atoms with van der Waals surface area (Å²) in [6.45, 7) is 4.11. The Morgan fingerprint density at radius 1 is 1.15 bits per heavy atom. The molecule has 26 heavy (non-hydrogen) atoms. The van der Waals surface area contributed by atoms with Crippen LogP contribution in [-0.2, 0) is 4.79 Å². The molecule has 132 valence electrons. The second kappa shape index (κ2) is 7.65. The molecule has 6 heteroatoms. The molecule has 1 aromatic heterocycles. The molecule has 0 atom stereocenters. The van der Waals surface area contributed by atoms with Gasteiger partial charge in [-0.3, -0.25) is 4.79 Å². The van der Waals surface area contributed by atoms with Crippen molar-refractivity contribution in [3.05, 3.63) is 60.8 Å². The van der Waals surface area contributed by atoms with E-state index >= 15 is 0 Å². The number of hydrogen-bond acceptors (Lipinski definition) is 5. The highest BCUT2D eigenvalue weighted by Gasteiger charge is 2.11. The Balaban J connectivity index is 1.88. The van der Waals surface area contributed by atoms with Crippen molar-refractivity contribution in [2.24, 2.45) is 0 Å². The molecule has 3 rings (SSSR count). The fourth-order valence-corrected chi connectivity index (χ4v) is 2.67. The van der Waals surface area contributed by atoms with E-state index in [2.05, 4.69) is 15.3 Å². The van der Waals surface area contributed by atoms with E-state index in [0.717, 1.165) is 22.6 Å². The molecule has 0 aliphatic rings. The maximum Gasteiger partial charge on any atom is 0.227 e. The topological polar surface area (TPSA) is 78.4 Å². The first-order valence-corrected chi connectivity index (χ1v) is 8.34. The van der Waals surface area contributed by atoms with Gasteiger partial charge in [0.15, 0.2) is 0 Å². The summed E-state index contributed by atoms with van der Waals surface area (Å²) in [5.74, 6) is 0.660. The molecule has 0 aliphatic carbocycles. The van der Waals surface area contributed by atoms with Crippen LogP contribution in [0, 0.1) is 0 Å². The number of amides is 1. The minimum absolute atomic E-state index is 0.00187. The van der Waals surface area contributed by atoms with Crippen molar-refractivity contribution in [1.82, 2.24) is 9.97 Å². The van der Waals surface area contributed by atoms with Crippen LogP contribution in [0.4, 0.5) is 17.3 Å². The molecule has 3 aromatic rings. The molecule has 1 amide bonds. The first kappa shape index (κ1) is 17.4. The summed E-state index contributed by atoms with van der Waals surface area (Å²) >= 11 is 0. The van der Waals surface area contributed by atoms with Crippen molar-refractivity contribution in [2.45, 2.75) is 13.8 Å². The summed E-state index contributed by atoms with van der Waals surface area (Å²) in [4.78, 5) is 22.3. The van der Waals surface area contributed by atoms with E-state index in [1.165, 1.54) is 0 Å². The van der Waals surface area contributed by atoms with Gasteiger partial charge in [0, 0.05) is 36.6 Å². The van der Waals surface area contributed by atoms with Crippen LogP contribution in [0.1, 0.15) is 13.8 Å². The number of nitrogens with one attached hydrogen (secondary N) is 1. The first-order valence-electron chi connectivity index (χ1n) is 8.34. The molecule has 0 aliphatic heterocycles. The molecule has 0 fully saturated rings. The van der Waals surface area contributed by atoms with Crippen LogP contribution in [0.25, 0.3) is 11.3 Å².